The van der Waals surface area contributed by atoms with Crippen molar-refractivity contribution in [3.8, 4) is 0 Å². The SMILES string of the molecule is Cn1cnnc1CC1CCN(S(=O)(=O)c2cccc3nsnc23)CC1. The van der Waals surface area contributed by atoms with E-state index in [1.807, 2.05) is 11.6 Å². The largest absolute Gasteiger partial charge is 0.321 e. The van der Waals surface area contributed by atoms with Crippen LogP contribution in [0.1, 0.15) is 18.7 Å². The number of aromatic nitrogens is 5. The first kappa shape index (κ1) is 16.6. The number of benzene rings is 1. The van der Waals surface area contributed by atoms with Gasteiger partial charge in [0.05, 0.1) is 11.7 Å². The van der Waals surface area contributed by atoms with Gasteiger partial charge in [0, 0.05) is 26.6 Å². The Morgan fingerprint density at radius 3 is 2.76 bits per heavy atom. The maximum atomic E-state index is 13.0. The third kappa shape index (κ3) is 3.05. The molecule has 0 unspecified atom stereocenters. The zero-order valence-electron chi connectivity index (χ0n) is 13.7. The Morgan fingerprint density at radius 2 is 2.04 bits per heavy atom. The number of sulfonamides is 1. The molecule has 1 saturated heterocycles. The molecule has 0 amide bonds. The molecule has 0 bridgehead atoms. The van der Waals surface area contributed by atoms with Crippen LogP contribution in [0.4, 0.5) is 0 Å². The van der Waals surface area contributed by atoms with Crippen molar-refractivity contribution in [1.82, 2.24) is 27.8 Å². The maximum absolute atomic E-state index is 13.0. The minimum absolute atomic E-state index is 0.255. The molecule has 25 heavy (non-hydrogen) atoms. The molecule has 1 aliphatic heterocycles. The van der Waals surface area contributed by atoms with Crippen LogP contribution in [0.3, 0.4) is 0 Å². The van der Waals surface area contributed by atoms with Crippen molar-refractivity contribution in [3.63, 3.8) is 0 Å². The van der Waals surface area contributed by atoms with Crippen molar-refractivity contribution in [1.29, 1.82) is 0 Å². The van der Waals surface area contributed by atoms with E-state index in [2.05, 4.69) is 18.9 Å². The van der Waals surface area contributed by atoms with E-state index in [9.17, 15) is 8.42 Å². The highest BCUT2D eigenvalue weighted by Gasteiger charge is 2.31. The number of nitrogens with zero attached hydrogens (tertiary/aromatic N) is 6. The molecule has 0 N–H and O–H groups in total. The predicted molar refractivity (Wildman–Crippen MR) is 93.6 cm³/mol. The van der Waals surface area contributed by atoms with E-state index in [1.54, 1.807) is 28.8 Å². The van der Waals surface area contributed by atoms with E-state index >= 15 is 0 Å². The van der Waals surface area contributed by atoms with Gasteiger partial charge < -0.3 is 4.57 Å². The number of aryl methyl sites for hydroxylation is 1. The molecule has 1 aromatic carbocycles. The summed E-state index contributed by atoms with van der Waals surface area (Å²) in [7, 11) is -1.62. The molecule has 0 aliphatic carbocycles. The van der Waals surface area contributed by atoms with Gasteiger partial charge in [-0.15, -0.1) is 10.2 Å². The Hall–Kier alpha value is -1.91. The Morgan fingerprint density at radius 1 is 1.24 bits per heavy atom. The monoisotopic (exact) mass is 378 g/mol. The van der Waals surface area contributed by atoms with Gasteiger partial charge >= 0.3 is 0 Å². The van der Waals surface area contributed by atoms with Crippen LogP contribution < -0.4 is 0 Å². The molecule has 3 aromatic rings. The van der Waals surface area contributed by atoms with Crippen molar-refractivity contribution in [2.45, 2.75) is 24.2 Å². The summed E-state index contributed by atoms with van der Waals surface area (Å²) >= 11 is 1.04. The molecule has 0 atom stereocenters. The standard InChI is InChI=1S/C15H18N6O2S2/c1-20-10-16-17-14(20)9-11-5-7-21(8-6-11)25(22,23)13-4-2-3-12-15(13)19-24-18-12/h2-4,10-11H,5-9H2,1H3. The van der Waals surface area contributed by atoms with E-state index in [-0.39, 0.29) is 4.90 Å². The van der Waals surface area contributed by atoms with Crippen LogP contribution in [0.25, 0.3) is 11.0 Å². The molecule has 3 heterocycles. The zero-order valence-corrected chi connectivity index (χ0v) is 15.4. The highest BCUT2D eigenvalue weighted by molar-refractivity contribution is 7.89. The van der Waals surface area contributed by atoms with E-state index < -0.39 is 10.0 Å². The molecule has 132 valence electrons. The second kappa shape index (κ2) is 6.43. The van der Waals surface area contributed by atoms with E-state index in [4.69, 9.17) is 0 Å². The molecule has 2 aromatic heterocycles. The normalized spacial score (nSPS) is 17.3. The van der Waals surface area contributed by atoms with Crippen molar-refractivity contribution < 1.29 is 8.42 Å². The van der Waals surface area contributed by atoms with Gasteiger partial charge in [0.15, 0.2) is 0 Å². The predicted octanol–water partition coefficient (Wildman–Crippen LogP) is 1.46. The molecule has 4 rings (SSSR count). The van der Waals surface area contributed by atoms with Crippen molar-refractivity contribution in [3.05, 3.63) is 30.4 Å². The summed E-state index contributed by atoms with van der Waals surface area (Å²) in [5, 5.41) is 8.02. The van der Waals surface area contributed by atoms with Crippen molar-refractivity contribution in [2.75, 3.05) is 13.1 Å². The van der Waals surface area contributed by atoms with Gasteiger partial charge in [0.1, 0.15) is 28.1 Å². The molecular formula is C15H18N6O2S2. The Labute approximate surface area is 149 Å². The molecule has 0 radical (unpaired) electrons. The van der Waals surface area contributed by atoms with Crippen LogP contribution in [0.2, 0.25) is 0 Å². The van der Waals surface area contributed by atoms with Gasteiger partial charge in [0.2, 0.25) is 10.0 Å². The molecule has 1 fully saturated rings. The number of fused-ring (bicyclic) bond motifs is 1. The average Bonchev–Trinajstić information content (AvgIpc) is 3.24. The van der Waals surface area contributed by atoms with E-state index in [0.29, 0.717) is 30.0 Å². The Balaban J connectivity index is 1.50. The van der Waals surface area contributed by atoms with Crippen LogP contribution in [-0.2, 0) is 23.5 Å². The lowest BCUT2D eigenvalue weighted by Gasteiger charge is -2.31. The van der Waals surface area contributed by atoms with Crippen LogP contribution in [0.5, 0.6) is 0 Å². The summed E-state index contributed by atoms with van der Waals surface area (Å²) in [6, 6.07) is 5.12. The van der Waals surface area contributed by atoms with Gasteiger partial charge in [-0.2, -0.15) is 13.1 Å². The minimum Gasteiger partial charge on any atom is -0.321 e. The van der Waals surface area contributed by atoms with Crippen molar-refractivity contribution in [2.24, 2.45) is 13.0 Å². The summed E-state index contributed by atoms with van der Waals surface area (Å²) < 4.78 is 37.8. The van der Waals surface area contributed by atoms with Gasteiger partial charge in [-0.1, -0.05) is 6.07 Å². The summed E-state index contributed by atoms with van der Waals surface area (Å²) in [5.74, 6) is 1.37. The van der Waals surface area contributed by atoms with Gasteiger partial charge in [0.25, 0.3) is 0 Å². The van der Waals surface area contributed by atoms with Crippen molar-refractivity contribution >= 4 is 32.8 Å². The smallest absolute Gasteiger partial charge is 0.245 e. The average molecular weight is 378 g/mol. The molecule has 0 saturated carbocycles. The zero-order chi connectivity index (χ0) is 17.4. The summed E-state index contributed by atoms with van der Waals surface area (Å²) in [5.41, 5.74) is 1.09. The molecule has 10 heteroatoms. The summed E-state index contributed by atoms with van der Waals surface area (Å²) in [4.78, 5) is 0.255. The maximum Gasteiger partial charge on any atom is 0.245 e. The van der Waals surface area contributed by atoms with Gasteiger partial charge in [-0.3, -0.25) is 0 Å². The fourth-order valence-electron chi connectivity index (χ4n) is 3.23. The quantitative estimate of drug-likeness (QED) is 0.682. The van der Waals surface area contributed by atoms with E-state index in [1.165, 1.54) is 0 Å². The lowest BCUT2D eigenvalue weighted by Crippen LogP contribution is -2.39. The fourth-order valence-corrected chi connectivity index (χ4v) is 5.45. The van der Waals surface area contributed by atoms with Gasteiger partial charge in [-0.25, -0.2) is 8.42 Å². The van der Waals surface area contributed by atoms with Crippen LogP contribution in [0, 0.1) is 5.92 Å². The highest BCUT2D eigenvalue weighted by Crippen LogP contribution is 2.28. The summed E-state index contributed by atoms with van der Waals surface area (Å²) in [6.07, 6.45) is 4.15. The first-order chi connectivity index (χ1) is 12.1. The van der Waals surface area contributed by atoms with Crippen LogP contribution in [-0.4, -0.2) is 49.3 Å². The number of hydrogen-bond donors (Lipinski definition) is 0. The fraction of sp³-hybridized carbons (Fsp3) is 0.467. The lowest BCUT2D eigenvalue weighted by molar-refractivity contribution is 0.269. The second-order valence-corrected chi connectivity index (χ2v) is 8.73. The minimum atomic E-state index is -3.55. The molecule has 0 spiro atoms. The summed E-state index contributed by atoms with van der Waals surface area (Å²) in [6.45, 7) is 1.03. The van der Waals surface area contributed by atoms with Crippen LogP contribution >= 0.6 is 11.7 Å². The van der Waals surface area contributed by atoms with Crippen LogP contribution in [0.15, 0.2) is 29.4 Å². The third-order valence-corrected chi connectivity index (χ3v) is 7.19. The number of rotatable bonds is 4. The first-order valence-corrected chi connectivity index (χ1v) is 10.3. The molecular weight excluding hydrogens is 360 g/mol. The third-order valence-electron chi connectivity index (χ3n) is 4.72. The molecule has 8 nitrogen and oxygen atoms in total. The lowest BCUT2D eigenvalue weighted by atomic mass is 9.94. The van der Waals surface area contributed by atoms with E-state index in [0.717, 1.165) is 36.8 Å². The Kier molecular flexibility index (Phi) is 4.26. The Bertz CT molecular complexity index is 988. The highest BCUT2D eigenvalue weighted by atomic mass is 32.2. The number of piperidine rings is 1. The second-order valence-electron chi connectivity index (χ2n) is 6.30. The first-order valence-electron chi connectivity index (χ1n) is 8.10. The topological polar surface area (TPSA) is 93.9 Å². The number of hydrogen-bond acceptors (Lipinski definition) is 7. The van der Waals surface area contributed by atoms with Gasteiger partial charge in [-0.05, 0) is 30.9 Å². The molecule has 1 aliphatic rings.